The molecule has 7 heteroatoms. The molecule has 1 fully saturated rings. The van der Waals surface area contributed by atoms with E-state index >= 15 is 0 Å². The normalized spacial score (nSPS) is 17.4. The summed E-state index contributed by atoms with van der Waals surface area (Å²) in [6, 6.07) is 7.91. The minimum atomic E-state index is -0.775. The van der Waals surface area contributed by atoms with Crippen molar-refractivity contribution in [2.45, 2.75) is 44.4 Å². The lowest BCUT2D eigenvalue weighted by Gasteiger charge is -2.25. The van der Waals surface area contributed by atoms with Crippen molar-refractivity contribution in [3.05, 3.63) is 48.6 Å². The first-order valence-corrected chi connectivity index (χ1v) is 8.71. The molecule has 2 rings (SSSR count). The molecule has 1 aromatic carbocycles. The van der Waals surface area contributed by atoms with E-state index in [0.29, 0.717) is 32.2 Å². The van der Waals surface area contributed by atoms with Crippen LogP contribution >= 0.6 is 0 Å². The number of primary amides is 1. The van der Waals surface area contributed by atoms with Crippen molar-refractivity contribution in [2.24, 2.45) is 5.73 Å². The number of ether oxygens (including phenoxy) is 1. The van der Waals surface area contributed by atoms with Crippen LogP contribution in [0, 0.1) is 0 Å². The molecule has 1 heterocycles. The molecule has 0 aliphatic carbocycles. The first-order valence-electron chi connectivity index (χ1n) is 8.71. The number of carbonyl (C=O) groups is 3. The molecule has 26 heavy (non-hydrogen) atoms. The van der Waals surface area contributed by atoms with Crippen LogP contribution < -0.4 is 11.1 Å². The van der Waals surface area contributed by atoms with E-state index in [4.69, 9.17) is 10.5 Å². The molecule has 3 N–H and O–H groups in total. The molecule has 1 aliphatic rings. The molecule has 0 aromatic heterocycles. The van der Waals surface area contributed by atoms with Gasteiger partial charge in [-0.2, -0.15) is 0 Å². The van der Waals surface area contributed by atoms with Crippen LogP contribution in [0.5, 0.6) is 0 Å². The molecule has 7 nitrogen and oxygen atoms in total. The van der Waals surface area contributed by atoms with E-state index in [1.54, 1.807) is 6.08 Å². The number of likely N-dealkylation sites (tertiary alicyclic amines) is 1. The first-order chi connectivity index (χ1) is 12.5. The number of nitrogens with two attached hydrogens (primary N) is 1. The second kappa shape index (κ2) is 9.60. The second-order valence-electron chi connectivity index (χ2n) is 6.22. The van der Waals surface area contributed by atoms with Gasteiger partial charge in [-0.3, -0.25) is 14.5 Å². The molecule has 140 valence electrons. The van der Waals surface area contributed by atoms with Gasteiger partial charge in [0.15, 0.2) is 0 Å². The van der Waals surface area contributed by atoms with Gasteiger partial charge in [0.2, 0.25) is 11.8 Å². The molecule has 0 unspecified atom stereocenters. The van der Waals surface area contributed by atoms with Crippen molar-refractivity contribution in [3.63, 3.8) is 0 Å². The summed E-state index contributed by atoms with van der Waals surface area (Å²) in [6.07, 6.45) is 3.29. The molecule has 0 saturated carbocycles. The molecule has 1 saturated heterocycles. The van der Waals surface area contributed by atoms with Gasteiger partial charge < -0.3 is 15.8 Å². The molecule has 0 bridgehead atoms. The summed E-state index contributed by atoms with van der Waals surface area (Å²) in [6.45, 7) is 4.19. The average Bonchev–Trinajstić information content (AvgIpc) is 3.13. The Morgan fingerprint density at radius 3 is 2.73 bits per heavy atom. The average molecular weight is 359 g/mol. The van der Waals surface area contributed by atoms with E-state index in [2.05, 4.69) is 11.9 Å². The summed E-state index contributed by atoms with van der Waals surface area (Å²) in [7, 11) is 0. The Labute approximate surface area is 153 Å². The number of hydrogen-bond acceptors (Lipinski definition) is 4. The number of nitrogens with zero attached hydrogens (tertiary/aromatic N) is 1. The lowest BCUT2D eigenvalue weighted by atomic mass is 10.1. The maximum atomic E-state index is 12.5. The van der Waals surface area contributed by atoms with Crippen LogP contribution in [-0.4, -0.2) is 41.4 Å². The topological polar surface area (TPSA) is 102 Å². The van der Waals surface area contributed by atoms with Crippen molar-refractivity contribution in [1.82, 2.24) is 10.2 Å². The Morgan fingerprint density at radius 2 is 2.08 bits per heavy atom. The zero-order valence-corrected chi connectivity index (χ0v) is 14.7. The molecule has 0 spiro atoms. The highest BCUT2D eigenvalue weighted by Gasteiger charge is 2.36. The highest BCUT2D eigenvalue weighted by atomic mass is 16.6. The molecule has 2 atom stereocenters. The molecular weight excluding hydrogens is 334 g/mol. The summed E-state index contributed by atoms with van der Waals surface area (Å²) in [5.74, 6) is -0.983. The third-order valence-corrected chi connectivity index (χ3v) is 4.31. The zero-order valence-electron chi connectivity index (χ0n) is 14.7. The Morgan fingerprint density at radius 1 is 1.35 bits per heavy atom. The minimum Gasteiger partial charge on any atom is -0.445 e. The fourth-order valence-corrected chi connectivity index (χ4v) is 2.90. The summed E-state index contributed by atoms with van der Waals surface area (Å²) >= 11 is 0. The van der Waals surface area contributed by atoms with E-state index in [1.165, 1.54) is 4.90 Å². The Hall–Kier alpha value is -2.83. The molecule has 1 aromatic rings. The van der Waals surface area contributed by atoms with E-state index in [-0.39, 0.29) is 12.5 Å². The van der Waals surface area contributed by atoms with Crippen LogP contribution in [-0.2, 0) is 20.9 Å². The zero-order chi connectivity index (χ0) is 18.9. The number of amides is 3. The van der Waals surface area contributed by atoms with Crippen molar-refractivity contribution in [1.29, 1.82) is 0 Å². The van der Waals surface area contributed by atoms with Crippen LogP contribution in [0.2, 0.25) is 0 Å². The summed E-state index contributed by atoms with van der Waals surface area (Å²) < 4.78 is 5.31. The van der Waals surface area contributed by atoms with E-state index < -0.39 is 24.1 Å². The van der Waals surface area contributed by atoms with Gasteiger partial charge in [-0.1, -0.05) is 36.4 Å². The standard InChI is InChI=1S/C19H25N3O4/c1-2-3-10-15(17(20)23)21-18(24)16-11-7-12-22(16)19(25)26-13-14-8-5-4-6-9-14/h2,4-6,8-9,15-16H,1,3,7,10-13H2,(H2,20,23)(H,21,24)/t15-,16+/m0/s1. The SMILES string of the molecule is C=CCC[C@H](NC(=O)[C@H]1CCCN1C(=O)OCc1ccccc1)C(N)=O. The van der Waals surface area contributed by atoms with Crippen LogP contribution in [0.25, 0.3) is 0 Å². The van der Waals surface area contributed by atoms with Crippen LogP contribution in [0.15, 0.2) is 43.0 Å². The highest BCUT2D eigenvalue weighted by molar-refractivity contribution is 5.91. The number of rotatable bonds is 8. The summed E-state index contributed by atoms with van der Waals surface area (Å²) in [4.78, 5) is 37.8. The van der Waals surface area contributed by atoms with Crippen molar-refractivity contribution >= 4 is 17.9 Å². The van der Waals surface area contributed by atoms with E-state index in [0.717, 1.165) is 5.56 Å². The van der Waals surface area contributed by atoms with Gasteiger partial charge >= 0.3 is 6.09 Å². The Bertz CT molecular complexity index is 647. The molecule has 1 aliphatic heterocycles. The minimum absolute atomic E-state index is 0.147. The smallest absolute Gasteiger partial charge is 0.410 e. The maximum Gasteiger partial charge on any atom is 0.410 e. The number of nitrogens with one attached hydrogen (secondary N) is 1. The van der Waals surface area contributed by atoms with Gasteiger partial charge in [0.05, 0.1) is 0 Å². The fraction of sp³-hybridized carbons (Fsp3) is 0.421. The number of hydrogen-bond donors (Lipinski definition) is 2. The van der Waals surface area contributed by atoms with E-state index in [1.807, 2.05) is 30.3 Å². The predicted molar refractivity (Wildman–Crippen MR) is 96.9 cm³/mol. The van der Waals surface area contributed by atoms with Gasteiger partial charge in [-0.25, -0.2) is 4.79 Å². The van der Waals surface area contributed by atoms with Gasteiger partial charge in [0.1, 0.15) is 18.7 Å². The first kappa shape index (κ1) is 19.5. The molecule has 0 radical (unpaired) electrons. The molecule has 3 amide bonds. The van der Waals surface area contributed by atoms with Gasteiger partial charge in [-0.15, -0.1) is 6.58 Å². The third-order valence-electron chi connectivity index (χ3n) is 4.31. The quantitative estimate of drug-likeness (QED) is 0.690. The number of carbonyl (C=O) groups excluding carboxylic acids is 3. The largest absolute Gasteiger partial charge is 0.445 e. The number of allylic oxidation sites excluding steroid dienone is 1. The van der Waals surface area contributed by atoms with Crippen molar-refractivity contribution < 1.29 is 19.1 Å². The van der Waals surface area contributed by atoms with Crippen molar-refractivity contribution in [2.75, 3.05) is 6.54 Å². The van der Waals surface area contributed by atoms with Crippen LogP contribution in [0.3, 0.4) is 0 Å². The molecular formula is C19H25N3O4. The monoisotopic (exact) mass is 359 g/mol. The third kappa shape index (κ3) is 5.34. The van der Waals surface area contributed by atoms with Crippen LogP contribution in [0.1, 0.15) is 31.2 Å². The lowest BCUT2D eigenvalue weighted by molar-refractivity contribution is -0.130. The summed E-state index contributed by atoms with van der Waals surface area (Å²) in [5, 5.41) is 2.64. The van der Waals surface area contributed by atoms with Crippen molar-refractivity contribution in [3.8, 4) is 0 Å². The summed E-state index contributed by atoms with van der Waals surface area (Å²) in [5.41, 5.74) is 6.21. The van der Waals surface area contributed by atoms with E-state index in [9.17, 15) is 14.4 Å². The van der Waals surface area contributed by atoms with Gasteiger partial charge in [0, 0.05) is 6.54 Å². The van der Waals surface area contributed by atoms with Gasteiger partial charge in [0.25, 0.3) is 0 Å². The second-order valence-corrected chi connectivity index (χ2v) is 6.22. The number of benzene rings is 1. The predicted octanol–water partition coefficient (Wildman–Crippen LogP) is 1.72. The fourth-order valence-electron chi connectivity index (χ4n) is 2.90. The Balaban J connectivity index is 1.92. The highest BCUT2D eigenvalue weighted by Crippen LogP contribution is 2.19. The Kier molecular flexibility index (Phi) is 7.20. The lowest BCUT2D eigenvalue weighted by Crippen LogP contribution is -2.52. The maximum absolute atomic E-state index is 12.5. The van der Waals surface area contributed by atoms with Crippen LogP contribution in [0.4, 0.5) is 4.79 Å². The van der Waals surface area contributed by atoms with Gasteiger partial charge in [-0.05, 0) is 31.2 Å².